The first-order chi connectivity index (χ1) is 11.8. The molecule has 24 heavy (non-hydrogen) atoms. The Balaban J connectivity index is 1.49. The molecule has 3 rings (SSSR count). The number of rotatable bonds is 7. The molecule has 0 bridgehead atoms. The van der Waals surface area contributed by atoms with Crippen molar-refractivity contribution in [2.24, 2.45) is 0 Å². The van der Waals surface area contributed by atoms with E-state index in [2.05, 4.69) is 10.5 Å². The molecule has 0 spiro atoms. The van der Waals surface area contributed by atoms with E-state index < -0.39 is 0 Å². The molecule has 124 valence electrons. The monoisotopic (exact) mass is 328 g/mol. The van der Waals surface area contributed by atoms with Crippen LogP contribution in [-0.2, 0) is 11.3 Å². The predicted molar refractivity (Wildman–Crippen MR) is 84.5 cm³/mol. The van der Waals surface area contributed by atoms with Crippen LogP contribution in [0, 0.1) is 0 Å². The first-order valence-electron chi connectivity index (χ1n) is 7.28. The van der Waals surface area contributed by atoms with E-state index >= 15 is 0 Å². The third kappa shape index (κ3) is 3.75. The average molecular weight is 328 g/mol. The number of aromatic nitrogens is 1. The summed E-state index contributed by atoms with van der Waals surface area (Å²) in [7, 11) is 1.55. The van der Waals surface area contributed by atoms with Gasteiger partial charge in [0.25, 0.3) is 5.91 Å². The van der Waals surface area contributed by atoms with E-state index in [0.717, 1.165) is 0 Å². The number of carbonyl (C=O) groups is 1. The van der Waals surface area contributed by atoms with Gasteiger partial charge in [0.1, 0.15) is 5.69 Å². The highest BCUT2D eigenvalue weighted by Gasteiger charge is 2.11. The number of furan rings is 1. The molecule has 1 N–H and O–H groups in total. The second-order valence-electron chi connectivity index (χ2n) is 4.88. The van der Waals surface area contributed by atoms with Gasteiger partial charge in [0.2, 0.25) is 5.76 Å². The molecule has 1 aromatic carbocycles. The number of benzene rings is 1. The van der Waals surface area contributed by atoms with Crippen LogP contribution in [0.15, 0.2) is 57.7 Å². The Bertz CT molecular complexity index is 795. The first kappa shape index (κ1) is 15.7. The topological polar surface area (TPSA) is 86.7 Å². The van der Waals surface area contributed by atoms with Crippen LogP contribution in [0.2, 0.25) is 0 Å². The van der Waals surface area contributed by atoms with E-state index in [1.807, 2.05) is 6.07 Å². The molecule has 0 radical (unpaired) electrons. The van der Waals surface area contributed by atoms with Crippen LogP contribution in [0.25, 0.3) is 11.5 Å². The Morgan fingerprint density at radius 3 is 2.75 bits per heavy atom. The molecule has 0 fully saturated rings. The van der Waals surface area contributed by atoms with Gasteiger partial charge in [-0.2, -0.15) is 0 Å². The maximum atomic E-state index is 11.9. The van der Waals surface area contributed by atoms with Crippen LogP contribution in [0.3, 0.4) is 0 Å². The molecule has 0 atom stereocenters. The van der Waals surface area contributed by atoms with Gasteiger partial charge in [-0.05, 0) is 24.3 Å². The van der Waals surface area contributed by atoms with Gasteiger partial charge in [-0.1, -0.05) is 17.3 Å². The third-order valence-corrected chi connectivity index (χ3v) is 3.22. The van der Waals surface area contributed by atoms with Crippen molar-refractivity contribution < 1.29 is 23.2 Å². The summed E-state index contributed by atoms with van der Waals surface area (Å²) in [6, 6.07) is 12.4. The fourth-order valence-electron chi connectivity index (χ4n) is 2.05. The van der Waals surface area contributed by atoms with E-state index in [9.17, 15) is 4.79 Å². The first-order valence-corrected chi connectivity index (χ1v) is 7.28. The number of hydrogen-bond acceptors (Lipinski definition) is 6. The summed E-state index contributed by atoms with van der Waals surface area (Å²) in [6.45, 7) is 0.113. The fraction of sp³-hybridized carbons (Fsp3) is 0.176. The van der Waals surface area contributed by atoms with Crippen molar-refractivity contribution in [2.75, 3.05) is 13.7 Å². The Morgan fingerprint density at radius 1 is 1.17 bits per heavy atom. The summed E-state index contributed by atoms with van der Waals surface area (Å²) in [6.07, 6.45) is 1.55. The predicted octanol–water partition coefficient (Wildman–Crippen LogP) is 2.64. The lowest BCUT2D eigenvalue weighted by Crippen LogP contribution is -2.28. The van der Waals surface area contributed by atoms with E-state index in [1.54, 1.807) is 49.8 Å². The summed E-state index contributed by atoms with van der Waals surface area (Å²) in [4.78, 5) is 11.9. The molecule has 0 unspecified atom stereocenters. The summed E-state index contributed by atoms with van der Waals surface area (Å²) < 4.78 is 21.0. The van der Waals surface area contributed by atoms with Crippen molar-refractivity contribution in [2.45, 2.75) is 6.54 Å². The number of amides is 1. The van der Waals surface area contributed by atoms with Crippen LogP contribution in [-0.4, -0.2) is 24.8 Å². The van der Waals surface area contributed by atoms with Gasteiger partial charge >= 0.3 is 0 Å². The number of ether oxygens (including phenoxy) is 2. The highest BCUT2D eigenvalue weighted by Crippen LogP contribution is 2.25. The molecule has 0 aliphatic rings. The van der Waals surface area contributed by atoms with Crippen LogP contribution < -0.4 is 14.8 Å². The van der Waals surface area contributed by atoms with Crippen LogP contribution in [0.4, 0.5) is 0 Å². The second kappa shape index (κ2) is 7.36. The Morgan fingerprint density at radius 2 is 2.00 bits per heavy atom. The van der Waals surface area contributed by atoms with Crippen LogP contribution in [0.5, 0.6) is 11.5 Å². The maximum Gasteiger partial charge on any atom is 0.258 e. The maximum absolute atomic E-state index is 11.9. The zero-order chi connectivity index (χ0) is 16.8. The van der Waals surface area contributed by atoms with Crippen molar-refractivity contribution in [3.8, 4) is 23.0 Å². The lowest BCUT2D eigenvalue weighted by molar-refractivity contribution is -0.123. The van der Waals surface area contributed by atoms with Gasteiger partial charge < -0.3 is 23.7 Å². The van der Waals surface area contributed by atoms with Gasteiger partial charge in [-0.25, -0.2) is 0 Å². The van der Waals surface area contributed by atoms with Gasteiger partial charge in [0, 0.05) is 6.07 Å². The molecule has 0 saturated carbocycles. The number of carbonyl (C=O) groups excluding carboxylic acids is 1. The van der Waals surface area contributed by atoms with E-state index in [0.29, 0.717) is 28.7 Å². The van der Waals surface area contributed by atoms with Crippen molar-refractivity contribution in [3.63, 3.8) is 0 Å². The Labute approximate surface area is 138 Å². The Hall–Kier alpha value is -3.22. The Kier molecular flexibility index (Phi) is 4.81. The van der Waals surface area contributed by atoms with Crippen molar-refractivity contribution in [1.29, 1.82) is 0 Å². The lowest BCUT2D eigenvalue weighted by Gasteiger charge is -2.09. The van der Waals surface area contributed by atoms with E-state index in [4.69, 9.17) is 18.4 Å². The van der Waals surface area contributed by atoms with E-state index in [-0.39, 0.29) is 19.1 Å². The second-order valence-corrected chi connectivity index (χ2v) is 4.88. The lowest BCUT2D eigenvalue weighted by atomic mass is 10.3. The zero-order valence-electron chi connectivity index (χ0n) is 13.0. The minimum absolute atomic E-state index is 0.122. The highest BCUT2D eigenvalue weighted by molar-refractivity contribution is 5.77. The normalized spacial score (nSPS) is 10.4. The highest BCUT2D eigenvalue weighted by atomic mass is 16.5. The summed E-state index contributed by atoms with van der Waals surface area (Å²) >= 11 is 0. The number of para-hydroxylation sites is 2. The molecule has 7 nitrogen and oxygen atoms in total. The minimum atomic E-state index is -0.275. The molecule has 2 heterocycles. The van der Waals surface area contributed by atoms with Gasteiger partial charge in [0.15, 0.2) is 23.9 Å². The average Bonchev–Trinajstić information content (AvgIpc) is 3.29. The number of nitrogens with one attached hydrogen (secondary N) is 1. The molecule has 0 aliphatic carbocycles. The standard InChI is InChI=1S/C17H16N2O5/c1-21-13-5-2-3-6-14(13)23-11-17(20)18-10-12-9-16(24-19-12)15-7-4-8-22-15/h2-9H,10-11H2,1H3,(H,18,20). The van der Waals surface area contributed by atoms with E-state index in [1.165, 1.54) is 0 Å². The van der Waals surface area contributed by atoms with Crippen molar-refractivity contribution in [1.82, 2.24) is 10.5 Å². The van der Waals surface area contributed by atoms with Gasteiger partial charge in [-0.15, -0.1) is 0 Å². The van der Waals surface area contributed by atoms with Gasteiger partial charge in [-0.3, -0.25) is 4.79 Å². The van der Waals surface area contributed by atoms with Crippen molar-refractivity contribution >= 4 is 5.91 Å². The minimum Gasteiger partial charge on any atom is -0.493 e. The molecular formula is C17H16N2O5. The third-order valence-electron chi connectivity index (χ3n) is 3.22. The summed E-state index contributed by atoms with van der Waals surface area (Å²) in [5, 5.41) is 6.59. The molecule has 0 aliphatic heterocycles. The molecule has 3 aromatic rings. The van der Waals surface area contributed by atoms with Crippen LogP contribution in [0.1, 0.15) is 5.69 Å². The molecule has 2 aromatic heterocycles. The molecule has 0 saturated heterocycles. The number of nitrogens with zero attached hydrogens (tertiary/aromatic N) is 1. The smallest absolute Gasteiger partial charge is 0.258 e. The SMILES string of the molecule is COc1ccccc1OCC(=O)NCc1cc(-c2ccco2)on1. The molecular weight excluding hydrogens is 312 g/mol. The number of hydrogen-bond donors (Lipinski definition) is 1. The molecule has 1 amide bonds. The zero-order valence-corrected chi connectivity index (χ0v) is 13.0. The summed E-state index contributed by atoms with van der Waals surface area (Å²) in [5.74, 6) is 1.90. The van der Waals surface area contributed by atoms with Crippen molar-refractivity contribution in [3.05, 3.63) is 54.4 Å². The largest absolute Gasteiger partial charge is 0.493 e. The summed E-state index contributed by atoms with van der Waals surface area (Å²) in [5.41, 5.74) is 0.590. The quantitative estimate of drug-likeness (QED) is 0.717. The molecule has 7 heteroatoms. The number of methoxy groups -OCH3 is 1. The fourth-order valence-corrected chi connectivity index (χ4v) is 2.05. The van der Waals surface area contributed by atoms with Crippen LogP contribution >= 0.6 is 0 Å². The van der Waals surface area contributed by atoms with Gasteiger partial charge in [0.05, 0.1) is 19.9 Å².